The highest BCUT2D eigenvalue weighted by molar-refractivity contribution is 5.33. The summed E-state index contributed by atoms with van der Waals surface area (Å²) in [6.07, 6.45) is 5.37. The Morgan fingerprint density at radius 2 is 2.18 bits per heavy atom. The zero-order chi connectivity index (χ0) is 12.8. The number of rotatable bonds is 4. The molecule has 0 aromatic heterocycles. The molecule has 1 N–H and O–H groups in total. The minimum Gasteiger partial charge on any atom is -0.299 e. The Morgan fingerprint density at radius 3 is 2.71 bits per heavy atom. The van der Waals surface area contributed by atoms with E-state index in [0.29, 0.717) is 17.7 Å². The molecule has 0 amide bonds. The molecule has 0 saturated carbocycles. The van der Waals surface area contributed by atoms with E-state index in [1.54, 1.807) is 0 Å². The highest BCUT2D eigenvalue weighted by Gasteiger charge is 2.10. The molecular formula is C14H15FN2. The van der Waals surface area contributed by atoms with Crippen molar-refractivity contribution >= 4 is 0 Å². The van der Waals surface area contributed by atoms with Crippen molar-refractivity contribution in [1.82, 2.24) is 5.32 Å². The maximum absolute atomic E-state index is 13.5. The number of hydrogen-bond acceptors (Lipinski definition) is 2. The summed E-state index contributed by atoms with van der Waals surface area (Å²) in [6, 6.07) is 6.18. The third-order valence-corrected chi connectivity index (χ3v) is 2.53. The quantitative estimate of drug-likeness (QED) is 0.806. The molecule has 0 aliphatic heterocycles. The van der Waals surface area contributed by atoms with E-state index in [1.807, 2.05) is 19.9 Å². The SMILES string of the molecule is C#CC(NCc1cc(C#N)ccc1F)C(C)C. The predicted molar refractivity (Wildman–Crippen MR) is 65.4 cm³/mol. The molecule has 0 aliphatic rings. The van der Waals surface area contributed by atoms with Crippen molar-refractivity contribution in [2.45, 2.75) is 26.4 Å². The summed E-state index contributed by atoms with van der Waals surface area (Å²) >= 11 is 0. The Labute approximate surface area is 101 Å². The summed E-state index contributed by atoms with van der Waals surface area (Å²) in [6.45, 7) is 4.33. The first-order valence-corrected chi connectivity index (χ1v) is 5.46. The lowest BCUT2D eigenvalue weighted by molar-refractivity contribution is 0.468. The van der Waals surface area contributed by atoms with Crippen LogP contribution in [0.2, 0.25) is 0 Å². The molecular weight excluding hydrogens is 215 g/mol. The van der Waals surface area contributed by atoms with Gasteiger partial charge in [-0.2, -0.15) is 5.26 Å². The van der Waals surface area contributed by atoms with Crippen LogP contribution in [-0.2, 0) is 6.54 Å². The van der Waals surface area contributed by atoms with Crippen molar-refractivity contribution in [3.8, 4) is 18.4 Å². The van der Waals surface area contributed by atoms with E-state index in [1.165, 1.54) is 18.2 Å². The number of terminal acetylenes is 1. The average molecular weight is 230 g/mol. The molecule has 0 fully saturated rings. The van der Waals surface area contributed by atoms with E-state index in [-0.39, 0.29) is 17.8 Å². The average Bonchev–Trinajstić information content (AvgIpc) is 2.31. The highest BCUT2D eigenvalue weighted by Crippen LogP contribution is 2.11. The van der Waals surface area contributed by atoms with Crippen LogP contribution in [0.25, 0.3) is 0 Å². The van der Waals surface area contributed by atoms with Crippen LogP contribution in [0.3, 0.4) is 0 Å². The second-order valence-electron chi connectivity index (χ2n) is 4.19. The number of nitrogens with one attached hydrogen (secondary N) is 1. The van der Waals surface area contributed by atoms with Crippen molar-refractivity contribution in [3.05, 3.63) is 35.1 Å². The summed E-state index contributed by atoms with van der Waals surface area (Å²) < 4.78 is 13.5. The molecule has 0 aliphatic carbocycles. The van der Waals surface area contributed by atoms with E-state index in [0.717, 1.165) is 0 Å². The number of nitrogens with zero attached hydrogens (tertiary/aromatic N) is 1. The fourth-order valence-electron chi connectivity index (χ4n) is 1.49. The maximum atomic E-state index is 13.5. The third-order valence-electron chi connectivity index (χ3n) is 2.53. The highest BCUT2D eigenvalue weighted by atomic mass is 19.1. The van der Waals surface area contributed by atoms with Gasteiger partial charge in [0.25, 0.3) is 0 Å². The molecule has 3 heteroatoms. The number of hydrogen-bond donors (Lipinski definition) is 1. The molecule has 1 unspecified atom stereocenters. The van der Waals surface area contributed by atoms with Gasteiger partial charge in [0.2, 0.25) is 0 Å². The Kier molecular flexibility index (Phi) is 4.69. The van der Waals surface area contributed by atoms with Crippen molar-refractivity contribution in [1.29, 1.82) is 5.26 Å². The van der Waals surface area contributed by atoms with Gasteiger partial charge in [0.05, 0.1) is 17.7 Å². The van der Waals surface area contributed by atoms with Gasteiger partial charge in [-0.25, -0.2) is 4.39 Å². The molecule has 0 heterocycles. The maximum Gasteiger partial charge on any atom is 0.127 e. The monoisotopic (exact) mass is 230 g/mol. The van der Waals surface area contributed by atoms with Crippen LogP contribution in [0.1, 0.15) is 25.0 Å². The molecule has 17 heavy (non-hydrogen) atoms. The van der Waals surface area contributed by atoms with Gasteiger partial charge in [0.15, 0.2) is 0 Å². The van der Waals surface area contributed by atoms with E-state index in [9.17, 15) is 4.39 Å². The van der Waals surface area contributed by atoms with Crippen LogP contribution >= 0.6 is 0 Å². The van der Waals surface area contributed by atoms with Crippen LogP contribution in [0.15, 0.2) is 18.2 Å². The summed E-state index contributed by atoms with van der Waals surface area (Å²) in [4.78, 5) is 0. The summed E-state index contributed by atoms with van der Waals surface area (Å²) in [5.74, 6) is 2.58. The van der Waals surface area contributed by atoms with Gasteiger partial charge in [0.1, 0.15) is 5.82 Å². The minimum absolute atomic E-state index is 0.0971. The molecule has 1 aromatic rings. The first kappa shape index (κ1) is 13.2. The van der Waals surface area contributed by atoms with Crippen LogP contribution in [-0.4, -0.2) is 6.04 Å². The van der Waals surface area contributed by atoms with E-state index in [4.69, 9.17) is 11.7 Å². The Balaban J connectivity index is 2.76. The largest absolute Gasteiger partial charge is 0.299 e. The zero-order valence-electron chi connectivity index (χ0n) is 10.00. The van der Waals surface area contributed by atoms with Gasteiger partial charge in [0, 0.05) is 12.1 Å². The number of benzene rings is 1. The van der Waals surface area contributed by atoms with Gasteiger partial charge in [-0.05, 0) is 24.1 Å². The molecule has 0 saturated heterocycles. The lowest BCUT2D eigenvalue weighted by atomic mass is 10.0. The topological polar surface area (TPSA) is 35.8 Å². The van der Waals surface area contributed by atoms with E-state index < -0.39 is 0 Å². The standard InChI is InChI=1S/C14H15FN2/c1-4-14(10(2)3)17-9-12-7-11(8-16)5-6-13(12)15/h1,5-7,10,14,17H,9H2,2-3H3. The molecule has 1 rings (SSSR count). The molecule has 1 aromatic carbocycles. The fraction of sp³-hybridized carbons (Fsp3) is 0.357. The number of halogens is 1. The summed E-state index contributed by atoms with van der Waals surface area (Å²) in [5.41, 5.74) is 0.912. The molecule has 0 radical (unpaired) electrons. The van der Waals surface area contributed by atoms with Crippen LogP contribution < -0.4 is 5.32 Å². The van der Waals surface area contributed by atoms with Gasteiger partial charge >= 0.3 is 0 Å². The van der Waals surface area contributed by atoms with Crippen molar-refractivity contribution < 1.29 is 4.39 Å². The van der Waals surface area contributed by atoms with Gasteiger partial charge in [-0.3, -0.25) is 5.32 Å². The van der Waals surface area contributed by atoms with Crippen LogP contribution in [0, 0.1) is 35.4 Å². The first-order valence-electron chi connectivity index (χ1n) is 5.46. The van der Waals surface area contributed by atoms with E-state index in [2.05, 4.69) is 11.2 Å². The zero-order valence-corrected chi connectivity index (χ0v) is 10.00. The normalized spacial score (nSPS) is 11.9. The second-order valence-corrected chi connectivity index (χ2v) is 4.19. The van der Waals surface area contributed by atoms with Crippen molar-refractivity contribution in [3.63, 3.8) is 0 Å². The molecule has 0 spiro atoms. The second kappa shape index (κ2) is 6.03. The smallest absolute Gasteiger partial charge is 0.127 e. The van der Waals surface area contributed by atoms with Gasteiger partial charge < -0.3 is 0 Å². The molecule has 0 bridgehead atoms. The lowest BCUT2D eigenvalue weighted by Gasteiger charge is -2.16. The Hall–Kier alpha value is -1.84. The minimum atomic E-state index is -0.323. The Morgan fingerprint density at radius 1 is 1.47 bits per heavy atom. The van der Waals surface area contributed by atoms with Crippen LogP contribution in [0.5, 0.6) is 0 Å². The lowest BCUT2D eigenvalue weighted by Crippen LogP contribution is -2.32. The molecule has 2 nitrogen and oxygen atoms in total. The predicted octanol–water partition coefficient (Wildman–Crippen LogP) is 2.44. The third kappa shape index (κ3) is 3.59. The van der Waals surface area contributed by atoms with Crippen molar-refractivity contribution in [2.75, 3.05) is 0 Å². The van der Waals surface area contributed by atoms with Crippen LogP contribution in [0.4, 0.5) is 4.39 Å². The number of nitriles is 1. The van der Waals surface area contributed by atoms with E-state index >= 15 is 0 Å². The first-order chi connectivity index (χ1) is 8.08. The van der Waals surface area contributed by atoms with Gasteiger partial charge in [-0.1, -0.05) is 19.8 Å². The van der Waals surface area contributed by atoms with Crippen molar-refractivity contribution in [2.24, 2.45) is 5.92 Å². The molecule has 88 valence electrons. The fourth-order valence-corrected chi connectivity index (χ4v) is 1.49. The Bertz CT molecular complexity index is 466. The summed E-state index contributed by atoms with van der Waals surface area (Å²) in [5, 5.41) is 11.8. The summed E-state index contributed by atoms with van der Waals surface area (Å²) in [7, 11) is 0. The van der Waals surface area contributed by atoms with Gasteiger partial charge in [-0.15, -0.1) is 6.42 Å². The molecule has 1 atom stereocenters.